The first kappa shape index (κ1) is 13.1. The normalized spacial score (nSPS) is 14.6. The van der Waals surface area contributed by atoms with E-state index < -0.39 is 0 Å². The van der Waals surface area contributed by atoms with Crippen LogP contribution in [-0.4, -0.2) is 29.6 Å². The number of hydrogen-bond donors (Lipinski definition) is 1. The summed E-state index contributed by atoms with van der Waals surface area (Å²) in [5.74, 6) is 3.84. The molecule has 0 spiro atoms. The van der Waals surface area contributed by atoms with Crippen LogP contribution in [0.3, 0.4) is 0 Å². The van der Waals surface area contributed by atoms with Gasteiger partial charge in [-0.05, 0) is 32.6 Å². The Balaban J connectivity index is 2.19. The number of aromatic nitrogens is 2. The Hall–Kier alpha value is -1.32. The van der Waals surface area contributed by atoms with E-state index in [0.717, 1.165) is 49.4 Å². The molecule has 1 N–H and O–H groups in total. The first-order chi connectivity index (χ1) is 8.76. The maximum absolute atomic E-state index is 4.66. The van der Waals surface area contributed by atoms with Crippen molar-refractivity contribution in [3.8, 4) is 0 Å². The first-order valence-corrected chi connectivity index (χ1v) is 7.13. The van der Waals surface area contributed by atoms with Crippen LogP contribution in [0.25, 0.3) is 0 Å². The van der Waals surface area contributed by atoms with E-state index in [-0.39, 0.29) is 0 Å². The van der Waals surface area contributed by atoms with Crippen LogP contribution >= 0.6 is 0 Å². The van der Waals surface area contributed by atoms with Gasteiger partial charge in [-0.2, -0.15) is 0 Å². The largest absolute Gasteiger partial charge is 0.370 e. The number of hydrogen-bond acceptors (Lipinski definition) is 4. The lowest BCUT2D eigenvalue weighted by Crippen LogP contribution is -2.26. The van der Waals surface area contributed by atoms with Crippen molar-refractivity contribution >= 4 is 11.6 Å². The fourth-order valence-corrected chi connectivity index (χ4v) is 2.07. The summed E-state index contributed by atoms with van der Waals surface area (Å²) in [6.07, 6.45) is 3.64. The third-order valence-corrected chi connectivity index (χ3v) is 3.31. The van der Waals surface area contributed by atoms with E-state index in [1.54, 1.807) is 0 Å². The van der Waals surface area contributed by atoms with Crippen molar-refractivity contribution in [2.45, 2.75) is 40.0 Å². The Morgan fingerprint density at radius 1 is 1.28 bits per heavy atom. The van der Waals surface area contributed by atoms with E-state index in [2.05, 4.69) is 47.0 Å². The summed E-state index contributed by atoms with van der Waals surface area (Å²) in [4.78, 5) is 11.5. The van der Waals surface area contributed by atoms with Crippen molar-refractivity contribution in [3.63, 3.8) is 0 Å². The van der Waals surface area contributed by atoms with Crippen LogP contribution < -0.4 is 10.2 Å². The molecule has 2 rings (SSSR count). The quantitative estimate of drug-likeness (QED) is 0.805. The third kappa shape index (κ3) is 3.34. The highest BCUT2D eigenvalue weighted by molar-refractivity contribution is 5.49. The maximum atomic E-state index is 4.66. The number of nitrogens with one attached hydrogen (secondary N) is 1. The number of anilines is 2. The highest BCUT2D eigenvalue weighted by Gasteiger charge is 2.24. The Bertz CT molecular complexity index is 387. The zero-order valence-electron chi connectivity index (χ0n) is 11.7. The van der Waals surface area contributed by atoms with Crippen molar-refractivity contribution in [1.82, 2.24) is 9.97 Å². The highest BCUT2D eigenvalue weighted by atomic mass is 15.2. The molecule has 0 aliphatic heterocycles. The van der Waals surface area contributed by atoms with Gasteiger partial charge in [-0.25, -0.2) is 9.97 Å². The zero-order chi connectivity index (χ0) is 13.0. The van der Waals surface area contributed by atoms with Crippen LogP contribution in [0.1, 0.15) is 39.4 Å². The monoisotopic (exact) mass is 248 g/mol. The molecule has 0 radical (unpaired) electrons. The van der Waals surface area contributed by atoms with E-state index in [4.69, 9.17) is 0 Å². The smallest absolute Gasteiger partial charge is 0.134 e. The van der Waals surface area contributed by atoms with E-state index in [1.165, 1.54) is 12.8 Å². The van der Waals surface area contributed by atoms with Gasteiger partial charge in [0.15, 0.2) is 0 Å². The van der Waals surface area contributed by atoms with Gasteiger partial charge in [0.05, 0.1) is 0 Å². The van der Waals surface area contributed by atoms with E-state index >= 15 is 0 Å². The number of rotatable bonds is 7. The molecular formula is C14H24N4. The fourth-order valence-electron chi connectivity index (χ4n) is 2.07. The van der Waals surface area contributed by atoms with E-state index in [9.17, 15) is 0 Å². The third-order valence-electron chi connectivity index (χ3n) is 3.31. The number of nitrogens with zero attached hydrogens (tertiary/aromatic N) is 3. The van der Waals surface area contributed by atoms with Gasteiger partial charge in [-0.1, -0.05) is 6.92 Å². The van der Waals surface area contributed by atoms with E-state index in [0.29, 0.717) is 0 Å². The second-order valence-corrected chi connectivity index (χ2v) is 4.89. The summed E-state index contributed by atoms with van der Waals surface area (Å²) in [5.41, 5.74) is 0. The van der Waals surface area contributed by atoms with Crippen molar-refractivity contribution in [1.29, 1.82) is 0 Å². The summed E-state index contributed by atoms with van der Waals surface area (Å²) in [5, 5.41) is 3.29. The van der Waals surface area contributed by atoms with Crippen LogP contribution in [0.2, 0.25) is 0 Å². The second kappa shape index (κ2) is 6.03. The molecule has 0 atom stereocenters. The molecule has 1 fully saturated rings. The predicted octanol–water partition coefficient (Wildman–Crippen LogP) is 2.71. The minimum Gasteiger partial charge on any atom is -0.370 e. The van der Waals surface area contributed by atoms with Crippen molar-refractivity contribution in [3.05, 3.63) is 11.9 Å². The minimum atomic E-state index is 0.882. The Morgan fingerprint density at radius 3 is 2.61 bits per heavy atom. The van der Waals surface area contributed by atoms with Gasteiger partial charge in [0.2, 0.25) is 0 Å². The zero-order valence-corrected chi connectivity index (χ0v) is 11.7. The highest BCUT2D eigenvalue weighted by Crippen LogP contribution is 2.31. The molecule has 1 aromatic heterocycles. The van der Waals surface area contributed by atoms with Crippen molar-refractivity contribution in [2.24, 2.45) is 5.92 Å². The average molecular weight is 248 g/mol. The van der Waals surface area contributed by atoms with Crippen molar-refractivity contribution in [2.75, 3.05) is 29.9 Å². The Labute approximate surface area is 110 Å². The molecule has 1 heterocycles. The Kier molecular flexibility index (Phi) is 4.39. The van der Waals surface area contributed by atoms with Gasteiger partial charge in [0.1, 0.15) is 17.5 Å². The maximum Gasteiger partial charge on any atom is 0.134 e. The van der Waals surface area contributed by atoms with Gasteiger partial charge in [0.25, 0.3) is 0 Å². The molecule has 4 heteroatoms. The SMILES string of the molecule is CCNc1cc(N(CC)CC2CC2)nc(CC)n1. The van der Waals surface area contributed by atoms with Crippen LogP contribution in [0, 0.1) is 5.92 Å². The first-order valence-electron chi connectivity index (χ1n) is 7.13. The van der Waals surface area contributed by atoms with Crippen LogP contribution in [0.5, 0.6) is 0 Å². The standard InChI is InChI=1S/C14H24N4/c1-4-12-16-13(15-5-2)9-14(17-12)18(6-3)10-11-7-8-11/h9,11H,4-8,10H2,1-3H3,(H,15,16,17). The molecule has 0 saturated heterocycles. The van der Waals surface area contributed by atoms with Gasteiger partial charge in [-0.3, -0.25) is 0 Å². The second-order valence-electron chi connectivity index (χ2n) is 4.89. The molecule has 0 unspecified atom stereocenters. The van der Waals surface area contributed by atoms with Gasteiger partial charge in [0, 0.05) is 32.1 Å². The van der Waals surface area contributed by atoms with E-state index in [1.807, 2.05) is 0 Å². The summed E-state index contributed by atoms with van der Waals surface area (Å²) >= 11 is 0. The summed E-state index contributed by atoms with van der Waals surface area (Å²) < 4.78 is 0. The van der Waals surface area contributed by atoms with Crippen LogP contribution in [0.15, 0.2) is 6.07 Å². The molecule has 1 aliphatic rings. The topological polar surface area (TPSA) is 41.0 Å². The Morgan fingerprint density at radius 2 is 2.06 bits per heavy atom. The minimum absolute atomic E-state index is 0.882. The van der Waals surface area contributed by atoms with Crippen LogP contribution in [-0.2, 0) is 6.42 Å². The summed E-state index contributed by atoms with van der Waals surface area (Å²) in [6.45, 7) is 9.45. The molecule has 0 aromatic carbocycles. The lowest BCUT2D eigenvalue weighted by Gasteiger charge is -2.22. The molecule has 0 amide bonds. The molecule has 4 nitrogen and oxygen atoms in total. The molecule has 18 heavy (non-hydrogen) atoms. The molecule has 1 aromatic rings. The molecule has 1 aliphatic carbocycles. The summed E-state index contributed by atoms with van der Waals surface area (Å²) in [6, 6.07) is 2.08. The van der Waals surface area contributed by atoms with Gasteiger partial charge in [-0.15, -0.1) is 0 Å². The fraction of sp³-hybridized carbons (Fsp3) is 0.714. The average Bonchev–Trinajstić information content (AvgIpc) is 3.19. The lowest BCUT2D eigenvalue weighted by molar-refractivity contribution is 0.726. The van der Waals surface area contributed by atoms with Gasteiger partial charge < -0.3 is 10.2 Å². The molecule has 0 bridgehead atoms. The summed E-state index contributed by atoms with van der Waals surface area (Å²) in [7, 11) is 0. The van der Waals surface area contributed by atoms with Crippen LogP contribution in [0.4, 0.5) is 11.6 Å². The lowest BCUT2D eigenvalue weighted by atomic mass is 10.3. The van der Waals surface area contributed by atoms with Gasteiger partial charge >= 0.3 is 0 Å². The number of aryl methyl sites for hydroxylation is 1. The van der Waals surface area contributed by atoms with Crippen molar-refractivity contribution < 1.29 is 0 Å². The molecule has 100 valence electrons. The predicted molar refractivity (Wildman–Crippen MR) is 76.2 cm³/mol. The molecular weight excluding hydrogens is 224 g/mol. The molecule has 1 saturated carbocycles.